The highest BCUT2D eigenvalue weighted by atomic mass is 16.5. The first-order valence-electron chi connectivity index (χ1n) is 14.1. The van der Waals surface area contributed by atoms with Gasteiger partial charge in [0, 0.05) is 0 Å². The summed E-state index contributed by atoms with van der Waals surface area (Å²) in [5.74, 6) is 1.69. The minimum absolute atomic E-state index is 0.677. The quantitative estimate of drug-likeness (QED) is 0.0808. The number of unbranched alkanes of at least 4 members (excludes halogenated alkanes) is 8. The average Bonchev–Trinajstić information content (AvgIpc) is 2.93. The van der Waals surface area contributed by atoms with Crippen LogP contribution in [0, 0.1) is 0 Å². The molecule has 2 aromatic rings. The maximum absolute atomic E-state index is 9.51. The highest BCUT2D eigenvalue weighted by Gasteiger charge is 2.08. The van der Waals surface area contributed by atoms with Crippen molar-refractivity contribution in [1.29, 1.82) is 0 Å². The summed E-state index contributed by atoms with van der Waals surface area (Å²) in [7, 11) is 0. The maximum atomic E-state index is 9.51. The predicted octanol–water partition coefficient (Wildman–Crippen LogP) is 8.61. The fourth-order valence-electron chi connectivity index (χ4n) is 4.19. The minimum atomic E-state index is 0.677. The molecule has 0 amide bonds. The lowest BCUT2D eigenvalue weighted by molar-refractivity contribution is 0.305. The third-order valence-corrected chi connectivity index (χ3v) is 6.48. The number of oxime groups is 2. The lowest BCUT2D eigenvalue weighted by Gasteiger charge is -2.09. The van der Waals surface area contributed by atoms with Crippen molar-refractivity contribution in [2.75, 3.05) is 13.2 Å². The van der Waals surface area contributed by atoms with Crippen LogP contribution < -0.4 is 9.47 Å². The largest absolute Gasteiger partial charge is 0.494 e. The van der Waals surface area contributed by atoms with E-state index in [0.717, 1.165) is 67.9 Å². The zero-order chi connectivity index (χ0) is 26.6. The summed E-state index contributed by atoms with van der Waals surface area (Å²) in [6.07, 6.45) is 13.5. The van der Waals surface area contributed by atoms with Gasteiger partial charge >= 0.3 is 0 Å². The van der Waals surface area contributed by atoms with Gasteiger partial charge in [0.05, 0.1) is 24.6 Å². The monoisotopic (exact) mass is 510 g/mol. The topological polar surface area (TPSA) is 83.6 Å². The Morgan fingerprint density at radius 1 is 0.541 bits per heavy atom. The van der Waals surface area contributed by atoms with Crippen LogP contribution in [0.25, 0.3) is 0 Å². The summed E-state index contributed by atoms with van der Waals surface area (Å²) in [4.78, 5) is 0. The van der Waals surface area contributed by atoms with Crippen molar-refractivity contribution in [2.24, 2.45) is 10.3 Å². The van der Waals surface area contributed by atoms with Gasteiger partial charge in [0.25, 0.3) is 0 Å². The molecule has 0 bridgehead atoms. The van der Waals surface area contributed by atoms with Gasteiger partial charge in [0.2, 0.25) is 0 Å². The summed E-state index contributed by atoms with van der Waals surface area (Å²) in [5, 5.41) is 26.1. The summed E-state index contributed by atoms with van der Waals surface area (Å²) in [6.45, 7) is 5.87. The van der Waals surface area contributed by atoms with E-state index in [4.69, 9.17) is 9.47 Å². The van der Waals surface area contributed by atoms with E-state index in [1.165, 1.54) is 38.5 Å². The number of rotatable bonds is 20. The van der Waals surface area contributed by atoms with Gasteiger partial charge in [-0.25, -0.2) is 0 Å². The molecule has 2 rings (SSSR count). The second kappa shape index (κ2) is 19.1. The van der Waals surface area contributed by atoms with Crippen LogP contribution in [0.3, 0.4) is 0 Å². The molecule has 0 aliphatic heterocycles. The van der Waals surface area contributed by atoms with Crippen molar-refractivity contribution >= 4 is 11.4 Å². The van der Waals surface area contributed by atoms with E-state index >= 15 is 0 Å². The van der Waals surface area contributed by atoms with E-state index < -0.39 is 0 Å². The molecule has 0 spiro atoms. The molecule has 0 aliphatic carbocycles. The molecule has 0 aromatic heterocycles. The Hall–Kier alpha value is -3.02. The van der Waals surface area contributed by atoms with E-state index in [9.17, 15) is 10.4 Å². The molecule has 0 atom stereocenters. The second-order valence-corrected chi connectivity index (χ2v) is 9.52. The lowest BCUT2D eigenvalue weighted by atomic mass is 10.0. The summed E-state index contributed by atoms with van der Waals surface area (Å²) >= 11 is 0. The zero-order valence-electron chi connectivity index (χ0n) is 22.8. The number of hydrogen-bond acceptors (Lipinski definition) is 6. The molecule has 0 saturated heterocycles. The van der Waals surface area contributed by atoms with Crippen LogP contribution in [0.4, 0.5) is 0 Å². The Bertz CT molecular complexity index is 832. The molecule has 204 valence electrons. The van der Waals surface area contributed by atoms with E-state index in [1.807, 2.05) is 48.5 Å². The Kier molecular flexibility index (Phi) is 15.6. The van der Waals surface area contributed by atoms with Crippen molar-refractivity contribution in [2.45, 2.75) is 97.3 Å². The van der Waals surface area contributed by atoms with Crippen molar-refractivity contribution in [1.82, 2.24) is 0 Å². The molecule has 0 fully saturated rings. The number of nitrogens with zero attached hydrogens (tertiary/aromatic N) is 2. The lowest BCUT2D eigenvalue weighted by Crippen LogP contribution is -2.04. The van der Waals surface area contributed by atoms with E-state index in [2.05, 4.69) is 24.2 Å². The van der Waals surface area contributed by atoms with Crippen LogP contribution in [0.5, 0.6) is 11.5 Å². The van der Waals surface area contributed by atoms with Crippen LogP contribution in [0.2, 0.25) is 0 Å². The Labute approximate surface area is 223 Å². The molecular formula is C31H46N2O4. The zero-order valence-corrected chi connectivity index (χ0v) is 22.8. The first-order valence-corrected chi connectivity index (χ1v) is 14.1. The van der Waals surface area contributed by atoms with Gasteiger partial charge in [-0.05, 0) is 98.2 Å². The van der Waals surface area contributed by atoms with Crippen LogP contribution in [0.15, 0.2) is 58.8 Å². The summed E-state index contributed by atoms with van der Waals surface area (Å²) in [6, 6.07) is 15.6. The van der Waals surface area contributed by atoms with Crippen LogP contribution in [-0.4, -0.2) is 35.1 Å². The average molecular weight is 511 g/mol. The number of ether oxygens (including phenoxy) is 2. The van der Waals surface area contributed by atoms with Gasteiger partial charge in [0.1, 0.15) is 11.5 Å². The molecule has 0 aliphatic rings. The third kappa shape index (κ3) is 12.2. The maximum Gasteiger partial charge on any atom is 0.119 e. The standard InChI is InChI=1S/C31H46N2O4/c1-3-5-7-12-24-36-28-20-16-26(17-21-28)30(32-34)14-10-9-11-15-31(33-35)27-18-22-29(23-19-27)37-25-13-8-6-4-2/h16-23,34-35H,3-15,24-25H2,1-2H3/b32-30-,33-31-. The minimum Gasteiger partial charge on any atom is -0.494 e. The summed E-state index contributed by atoms with van der Waals surface area (Å²) in [5.41, 5.74) is 3.17. The smallest absolute Gasteiger partial charge is 0.119 e. The van der Waals surface area contributed by atoms with Crippen LogP contribution >= 0.6 is 0 Å². The molecule has 0 heterocycles. The normalized spacial score (nSPS) is 12.1. The predicted molar refractivity (Wildman–Crippen MR) is 152 cm³/mol. The number of benzene rings is 2. The molecule has 6 heteroatoms. The van der Waals surface area contributed by atoms with E-state index in [-0.39, 0.29) is 0 Å². The Morgan fingerprint density at radius 2 is 0.919 bits per heavy atom. The molecular weight excluding hydrogens is 464 g/mol. The fraction of sp³-hybridized carbons (Fsp3) is 0.548. The van der Waals surface area contributed by atoms with Gasteiger partial charge in [-0.15, -0.1) is 0 Å². The van der Waals surface area contributed by atoms with Gasteiger partial charge in [-0.3, -0.25) is 0 Å². The highest BCUT2D eigenvalue weighted by Crippen LogP contribution is 2.18. The molecule has 2 aromatic carbocycles. The Balaban J connectivity index is 1.69. The van der Waals surface area contributed by atoms with Gasteiger partial charge < -0.3 is 19.9 Å². The van der Waals surface area contributed by atoms with Gasteiger partial charge in [0.15, 0.2) is 0 Å². The highest BCUT2D eigenvalue weighted by molar-refractivity contribution is 6.00. The first kappa shape index (κ1) is 30.2. The molecule has 0 unspecified atom stereocenters. The van der Waals surface area contributed by atoms with Gasteiger partial charge in [-0.2, -0.15) is 0 Å². The van der Waals surface area contributed by atoms with Gasteiger partial charge in [-0.1, -0.05) is 69.1 Å². The van der Waals surface area contributed by atoms with E-state index in [0.29, 0.717) is 24.3 Å². The number of hydrogen-bond donors (Lipinski definition) is 2. The van der Waals surface area contributed by atoms with Crippen LogP contribution in [-0.2, 0) is 0 Å². The SMILES string of the molecule is CCCCCCOc1ccc(/C(CCCCC/C(=N/O)c2ccc(OCCCCCC)cc2)=N\O)cc1. The molecule has 2 N–H and O–H groups in total. The summed E-state index contributed by atoms with van der Waals surface area (Å²) < 4.78 is 11.6. The van der Waals surface area contributed by atoms with Crippen molar-refractivity contribution in [3.05, 3.63) is 59.7 Å². The molecule has 6 nitrogen and oxygen atoms in total. The molecule has 37 heavy (non-hydrogen) atoms. The third-order valence-electron chi connectivity index (χ3n) is 6.48. The molecule has 0 saturated carbocycles. The van der Waals surface area contributed by atoms with Crippen LogP contribution in [0.1, 0.15) is 108 Å². The van der Waals surface area contributed by atoms with Crippen molar-refractivity contribution < 1.29 is 19.9 Å². The van der Waals surface area contributed by atoms with Crippen molar-refractivity contribution in [3.63, 3.8) is 0 Å². The second-order valence-electron chi connectivity index (χ2n) is 9.52. The fourth-order valence-corrected chi connectivity index (χ4v) is 4.19. The first-order chi connectivity index (χ1) is 18.2. The van der Waals surface area contributed by atoms with E-state index in [1.54, 1.807) is 0 Å². The molecule has 0 radical (unpaired) electrons. The Morgan fingerprint density at radius 3 is 1.27 bits per heavy atom. The van der Waals surface area contributed by atoms with Crippen molar-refractivity contribution in [3.8, 4) is 11.5 Å².